The summed E-state index contributed by atoms with van der Waals surface area (Å²) in [5.74, 6) is 1.25. The topological polar surface area (TPSA) is 77.7 Å². The Kier molecular flexibility index (Phi) is 5.65. The first-order valence-electron chi connectivity index (χ1n) is 9.70. The molecule has 1 fully saturated rings. The molecule has 1 saturated heterocycles. The number of likely N-dealkylation sites (tertiary alicyclic amines) is 1. The molecule has 4 rings (SSSR count). The van der Waals surface area contributed by atoms with Gasteiger partial charge >= 0.3 is 0 Å². The molecule has 156 valence electrons. The zero-order valence-electron chi connectivity index (χ0n) is 16.8. The van der Waals surface area contributed by atoms with Gasteiger partial charge in [-0.15, -0.1) is 0 Å². The molecule has 1 aliphatic rings. The van der Waals surface area contributed by atoms with E-state index in [9.17, 15) is 9.18 Å². The van der Waals surface area contributed by atoms with Crippen LogP contribution >= 0.6 is 0 Å². The SMILES string of the molecule is COc1cccc(OC)c1C(=O)N1CCC[C@@H](c2nc(-c3ccc(F)cc3)no2)C1. The molecule has 0 bridgehead atoms. The number of hydrogen-bond acceptors (Lipinski definition) is 6. The van der Waals surface area contributed by atoms with E-state index in [-0.39, 0.29) is 17.6 Å². The Balaban J connectivity index is 1.54. The van der Waals surface area contributed by atoms with Gasteiger partial charge in [0, 0.05) is 18.7 Å². The van der Waals surface area contributed by atoms with Gasteiger partial charge in [-0.05, 0) is 49.2 Å². The Morgan fingerprint density at radius 2 is 1.83 bits per heavy atom. The molecule has 1 atom stereocenters. The summed E-state index contributed by atoms with van der Waals surface area (Å²) in [5, 5.41) is 4.02. The van der Waals surface area contributed by atoms with Gasteiger partial charge < -0.3 is 18.9 Å². The Hall–Kier alpha value is -3.42. The molecule has 1 aromatic heterocycles. The first-order valence-corrected chi connectivity index (χ1v) is 9.70. The van der Waals surface area contributed by atoms with Crippen LogP contribution in [0.3, 0.4) is 0 Å². The van der Waals surface area contributed by atoms with Crippen LogP contribution in [-0.2, 0) is 0 Å². The molecule has 7 nitrogen and oxygen atoms in total. The smallest absolute Gasteiger partial charge is 0.261 e. The van der Waals surface area contributed by atoms with Crippen molar-refractivity contribution in [2.45, 2.75) is 18.8 Å². The van der Waals surface area contributed by atoms with Crippen molar-refractivity contribution in [2.24, 2.45) is 0 Å². The van der Waals surface area contributed by atoms with Crippen molar-refractivity contribution < 1.29 is 23.2 Å². The van der Waals surface area contributed by atoms with Crippen LogP contribution in [0.5, 0.6) is 11.5 Å². The normalized spacial score (nSPS) is 16.4. The summed E-state index contributed by atoms with van der Waals surface area (Å²) in [7, 11) is 3.06. The molecular formula is C22H22FN3O4. The zero-order valence-corrected chi connectivity index (χ0v) is 16.8. The number of carbonyl (C=O) groups is 1. The maximum atomic E-state index is 13.3. The monoisotopic (exact) mass is 411 g/mol. The van der Waals surface area contributed by atoms with Crippen molar-refractivity contribution in [1.82, 2.24) is 15.0 Å². The quantitative estimate of drug-likeness (QED) is 0.633. The summed E-state index contributed by atoms with van der Waals surface area (Å²) in [6, 6.07) is 11.2. The van der Waals surface area contributed by atoms with E-state index in [0.29, 0.717) is 47.4 Å². The first-order chi connectivity index (χ1) is 14.6. The van der Waals surface area contributed by atoms with Crippen LogP contribution < -0.4 is 9.47 Å². The first kappa shape index (κ1) is 19.9. The molecule has 0 radical (unpaired) electrons. The average Bonchev–Trinajstić information content (AvgIpc) is 3.29. The van der Waals surface area contributed by atoms with Crippen molar-refractivity contribution in [3.63, 3.8) is 0 Å². The Labute approximate surface area is 173 Å². The molecule has 0 aliphatic carbocycles. The number of rotatable bonds is 5. The van der Waals surface area contributed by atoms with Gasteiger partial charge in [-0.25, -0.2) is 4.39 Å². The molecule has 8 heteroatoms. The van der Waals surface area contributed by atoms with Gasteiger partial charge in [-0.3, -0.25) is 4.79 Å². The average molecular weight is 411 g/mol. The van der Waals surface area contributed by atoms with Gasteiger partial charge in [0.2, 0.25) is 11.7 Å². The van der Waals surface area contributed by atoms with Gasteiger partial charge in [0.1, 0.15) is 22.9 Å². The van der Waals surface area contributed by atoms with Crippen molar-refractivity contribution in [3.05, 3.63) is 59.7 Å². The molecule has 30 heavy (non-hydrogen) atoms. The summed E-state index contributed by atoms with van der Waals surface area (Å²) >= 11 is 0. The third kappa shape index (κ3) is 3.85. The third-order valence-electron chi connectivity index (χ3n) is 5.24. The Bertz CT molecular complexity index is 1010. The number of halogens is 1. The fourth-order valence-corrected chi connectivity index (χ4v) is 3.70. The number of ether oxygens (including phenoxy) is 2. The minimum absolute atomic E-state index is 0.0786. The number of methoxy groups -OCH3 is 2. The second-order valence-electron chi connectivity index (χ2n) is 7.09. The fraction of sp³-hybridized carbons (Fsp3) is 0.318. The van der Waals surface area contributed by atoms with Crippen LogP contribution in [0.2, 0.25) is 0 Å². The standard InChI is InChI=1S/C22H22FN3O4/c1-28-17-6-3-7-18(29-2)19(17)22(27)26-12-4-5-15(13-26)21-24-20(25-30-21)14-8-10-16(23)11-9-14/h3,6-11,15H,4-5,12-13H2,1-2H3/t15-/m1/s1. The van der Waals surface area contributed by atoms with E-state index in [1.807, 2.05) is 0 Å². The lowest BCUT2D eigenvalue weighted by Gasteiger charge is -2.31. The molecule has 0 N–H and O–H groups in total. The van der Waals surface area contributed by atoms with Gasteiger partial charge in [-0.1, -0.05) is 11.2 Å². The highest BCUT2D eigenvalue weighted by Crippen LogP contribution is 2.33. The van der Waals surface area contributed by atoms with E-state index in [1.165, 1.54) is 26.4 Å². The molecule has 3 aromatic rings. The molecule has 2 aromatic carbocycles. The Morgan fingerprint density at radius 3 is 2.50 bits per heavy atom. The third-order valence-corrected chi connectivity index (χ3v) is 5.24. The van der Waals surface area contributed by atoms with E-state index in [4.69, 9.17) is 14.0 Å². The lowest BCUT2D eigenvalue weighted by molar-refractivity contribution is 0.0688. The van der Waals surface area contributed by atoms with Crippen molar-refractivity contribution in [1.29, 1.82) is 0 Å². The maximum Gasteiger partial charge on any atom is 0.261 e. The highest BCUT2D eigenvalue weighted by atomic mass is 19.1. The van der Waals surface area contributed by atoms with E-state index >= 15 is 0 Å². The highest BCUT2D eigenvalue weighted by Gasteiger charge is 2.31. The molecule has 0 saturated carbocycles. The van der Waals surface area contributed by atoms with E-state index < -0.39 is 0 Å². The second-order valence-corrected chi connectivity index (χ2v) is 7.09. The van der Waals surface area contributed by atoms with Gasteiger partial charge in [0.25, 0.3) is 5.91 Å². The van der Waals surface area contributed by atoms with Gasteiger partial charge in [0.15, 0.2) is 0 Å². The molecule has 1 aliphatic heterocycles. The zero-order chi connectivity index (χ0) is 21.1. The summed E-state index contributed by atoms with van der Waals surface area (Å²) in [5.41, 5.74) is 1.08. The number of aromatic nitrogens is 2. The van der Waals surface area contributed by atoms with Gasteiger partial charge in [0.05, 0.1) is 20.1 Å². The number of hydrogen-bond donors (Lipinski definition) is 0. The van der Waals surface area contributed by atoms with Crippen molar-refractivity contribution in [3.8, 4) is 22.9 Å². The van der Waals surface area contributed by atoms with Crippen LogP contribution in [0.1, 0.15) is 35.0 Å². The number of benzene rings is 2. The second kappa shape index (κ2) is 8.52. The van der Waals surface area contributed by atoms with Crippen LogP contribution in [0, 0.1) is 5.82 Å². The largest absolute Gasteiger partial charge is 0.496 e. The highest BCUT2D eigenvalue weighted by molar-refractivity contribution is 5.99. The van der Waals surface area contributed by atoms with Crippen LogP contribution in [-0.4, -0.2) is 48.3 Å². The predicted molar refractivity (Wildman–Crippen MR) is 107 cm³/mol. The summed E-state index contributed by atoms with van der Waals surface area (Å²) in [6.45, 7) is 1.07. The summed E-state index contributed by atoms with van der Waals surface area (Å²) in [6.07, 6.45) is 1.64. The van der Waals surface area contributed by atoms with Crippen molar-refractivity contribution in [2.75, 3.05) is 27.3 Å². The molecule has 0 spiro atoms. The summed E-state index contributed by atoms with van der Waals surface area (Å²) in [4.78, 5) is 19.5. The maximum absolute atomic E-state index is 13.3. The fourth-order valence-electron chi connectivity index (χ4n) is 3.70. The molecule has 0 unspecified atom stereocenters. The molecular weight excluding hydrogens is 389 g/mol. The lowest BCUT2D eigenvalue weighted by atomic mass is 9.97. The van der Waals surface area contributed by atoms with E-state index in [0.717, 1.165) is 12.8 Å². The Morgan fingerprint density at radius 1 is 1.13 bits per heavy atom. The predicted octanol–water partition coefficient (Wildman–Crippen LogP) is 3.91. The van der Waals surface area contributed by atoms with Crippen LogP contribution in [0.4, 0.5) is 4.39 Å². The molecule has 2 heterocycles. The van der Waals surface area contributed by atoms with E-state index in [1.54, 1.807) is 35.2 Å². The minimum Gasteiger partial charge on any atom is -0.496 e. The molecule has 1 amide bonds. The van der Waals surface area contributed by atoms with Crippen molar-refractivity contribution >= 4 is 5.91 Å². The van der Waals surface area contributed by atoms with Gasteiger partial charge in [-0.2, -0.15) is 4.98 Å². The number of piperidine rings is 1. The number of nitrogens with zero attached hydrogens (tertiary/aromatic N) is 3. The van der Waals surface area contributed by atoms with Crippen LogP contribution in [0.15, 0.2) is 47.0 Å². The summed E-state index contributed by atoms with van der Waals surface area (Å²) < 4.78 is 29.4. The lowest BCUT2D eigenvalue weighted by Crippen LogP contribution is -2.39. The minimum atomic E-state index is -0.323. The van der Waals surface area contributed by atoms with E-state index in [2.05, 4.69) is 10.1 Å². The van der Waals surface area contributed by atoms with Crippen LogP contribution in [0.25, 0.3) is 11.4 Å². The number of carbonyl (C=O) groups excluding carboxylic acids is 1. The number of amides is 1.